The maximum Gasteiger partial charge on any atom is 0.355 e. The van der Waals surface area contributed by atoms with Gasteiger partial charge in [-0.25, -0.2) is 9.10 Å². The molecule has 1 aromatic carbocycles. The standard InChI is InChI=1S/C17H20N2O4S/c1-11(2)15(17(22)23-3)19-16(21)13(10-24-19)18-14(20)9-12-7-5-4-6-8-12/h4-8,13H,9-10H2,1-3H3,(H,18,20). The van der Waals surface area contributed by atoms with Crippen LogP contribution in [0.5, 0.6) is 0 Å². The van der Waals surface area contributed by atoms with Gasteiger partial charge in [0.25, 0.3) is 5.91 Å². The highest BCUT2D eigenvalue weighted by molar-refractivity contribution is 7.98. The van der Waals surface area contributed by atoms with Gasteiger partial charge in [0.1, 0.15) is 11.7 Å². The molecular formula is C17H20N2O4S. The summed E-state index contributed by atoms with van der Waals surface area (Å²) < 4.78 is 6.05. The van der Waals surface area contributed by atoms with Gasteiger partial charge in [-0.3, -0.25) is 9.59 Å². The van der Waals surface area contributed by atoms with E-state index in [1.807, 2.05) is 30.3 Å². The molecule has 0 radical (unpaired) electrons. The number of ether oxygens (including phenoxy) is 1. The largest absolute Gasteiger partial charge is 0.464 e. The number of carbonyl (C=O) groups is 3. The van der Waals surface area contributed by atoms with Crippen LogP contribution in [0.15, 0.2) is 41.6 Å². The van der Waals surface area contributed by atoms with Gasteiger partial charge in [0.15, 0.2) is 0 Å². The van der Waals surface area contributed by atoms with Gasteiger partial charge < -0.3 is 10.1 Å². The molecule has 1 saturated heterocycles. The predicted octanol–water partition coefficient (Wildman–Crippen LogP) is 1.67. The SMILES string of the molecule is COC(=O)C(=C(C)C)N1SCC(NC(=O)Cc2ccccc2)C1=O. The molecule has 1 N–H and O–H groups in total. The van der Waals surface area contributed by atoms with Gasteiger partial charge in [-0.05, 0) is 36.9 Å². The summed E-state index contributed by atoms with van der Waals surface area (Å²) in [6, 6.07) is 8.66. The van der Waals surface area contributed by atoms with E-state index in [-0.39, 0.29) is 23.9 Å². The highest BCUT2D eigenvalue weighted by atomic mass is 32.2. The quantitative estimate of drug-likeness (QED) is 0.498. The zero-order valence-corrected chi connectivity index (χ0v) is 14.7. The Kier molecular flexibility index (Phi) is 6.03. The molecule has 0 spiro atoms. The summed E-state index contributed by atoms with van der Waals surface area (Å²) in [5, 5.41) is 2.73. The summed E-state index contributed by atoms with van der Waals surface area (Å²) in [6.07, 6.45) is 0.210. The number of nitrogens with one attached hydrogen (secondary N) is 1. The van der Waals surface area contributed by atoms with Crippen molar-refractivity contribution in [1.29, 1.82) is 0 Å². The number of rotatable bonds is 5. The molecule has 0 bridgehead atoms. The number of benzene rings is 1. The van der Waals surface area contributed by atoms with Crippen LogP contribution in [-0.2, 0) is 25.5 Å². The topological polar surface area (TPSA) is 75.7 Å². The molecule has 1 heterocycles. The Morgan fingerprint density at radius 1 is 1.29 bits per heavy atom. The summed E-state index contributed by atoms with van der Waals surface area (Å²) in [5.41, 5.74) is 1.77. The van der Waals surface area contributed by atoms with E-state index >= 15 is 0 Å². The van der Waals surface area contributed by atoms with Crippen molar-refractivity contribution in [1.82, 2.24) is 9.62 Å². The maximum absolute atomic E-state index is 12.5. The number of methoxy groups -OCH3 is 1. The number of nitrogens with zero attached hydrogens (tertiary/aromatic N) is 1. The third-order valence-electron chi connectivity index (χ3n) is 3.47. The second-order valence-electron chi connectivity index (χ2n) is 5.55. The van der Waals surface area contributed by atoms with Crippen molar-refractivity contribution >= 4 is 29.7 Å². The van der Waals surface area contributed by atoms with Crippen molar-refractivity contribution in [2.45, 2.75) is 26.3 Å². The Morgan fingerprint density at radius 2 is 1.96 bits per heavy atom. The number of allylic oxidation sites excluding steroid dienone is 1. The summed E-state index contributed by atoms with van der Waals surface area (Å²) in [6.45, 7) is 3.48. The van der Waals surface area contributed by atoms with Crippen LogP contribution >= 0.6 is 11.9 Å². The number of amides is 2. The fourth-order valence-corrected chi connectivity index (χ4v) is 3.48. The molecule has 1 unspecified atom stereocenters. The third kappa shape index (κ3) is 4.17. The van der Waals surface area contributed by atoms with Crippen LogP contribution in [0.2, 0.25) is 0 Å². The Balaban J connectivity index is 2.02. The number of carbonyl (C=O) groups excluding carboxylic acids is 3. The second-order valence-corrected chi connectivity index (χ2v) is 6.51. The van der Waals surface area contributed by atoms with Crippen LogP contribution in [-0.4, -0.2) is 41.0 Å². The Labute approximate surface area is 145 Å². The zero-order valence-electron chi connectivity index (χ0n) is 13.9. The highest BCUT2D eigenvalue weighted by Crippen LogP contribution is 2.29. The van der Waals surface area contributed by atoms with Gasteiger partial charge in [-0.1, -0.05) is 30.3 Å². The molecule has 1 fully saturated rings. The molecular weight excluding hydrogens is 328 g/mol. The summed E-state index contributed by atoms with van der Waals surface area (Å²) >= 11 is 1.20. The van der Waals surface area contributed by atoms with Crippen molar-refractivity contribution in [3.63, 3.8) is 0 Å². The van der Waals surface area contributed by atoms with Gasteiger partial charge in [0.2, 0.25) is 5.91 Å². The van der Waals surface area contributed by atoms with Crippen molar-refractivity contribution in [2.75, 3.05) is 12.9 Å². The van der Waals surface area contributed by atoms with Gasteiger partial charge in [-0.2, -0.15) is 0 Å². The first-order chi connectivity index (χ1) is 11.4. The van der Waals surface area contributed by atoms with E-state index < -0.39 is 12.0 Å². The number of hydrogen-bond acceptors (Lipinski definition) is 5. The van der Waals surface area contributed by atoms with Crippen molar-refractivity contribution in [3.8, 4) is 0 Å². The molecule has 1 aliphatic rings. The van der Waals surface area contributed by atoms with E-state index in [1.165, 1.54) is 23.4 Å². The Morgan fingerprint density at radius 3 is 2.54 bits per heavy atom. The lowest BCUT2D eigenvalue weighted by molar-refractivity contribution is -0.140. The first-order valence-corrected chi connectivity index (χ1v) is 8.44. The second kappa shape index (κ2) is 8.01. The highest BCUT2D eigenvalue weighted by Gasteiger charge is 2.38. The molecule has 1 aromatic rings. The fourth-order valence-electron chi connectivity index (χ4n) is 2.32. The predicted molar refractivity (Wildman–Crippen MR) is 91.8 cm³/mol. The van der Waals surface area contributed by atoms with Gasteiger partial charge >= 0.3 is 5.97 Å². The molecule has 6 nitrogen and oxygen atoms in total. The van der Waals surface area contributed by atoms with Crippen molar-refractivity contribution in [2.24, 2.45) is 0 Å². The van der Waals surface area contributed by atoms with Crippen LogP contribution in [0.3, 0.4) is 0 Å². The summed E-state index contributed by atoms with van der Waals surface area (Å²) in [4.78, 5) is 36.5. The number of hydrogen-bond donors (Lipinski definition) is 1. The van der Waals surface area contributed by atoms with Crippen LogP contribution in [0.25, 0.3) is 0 Å². The summed E-state index contributed by atoms with van der Waals surface area (Å²) in [5.74, 6) is -0.721. The molecule has 2 amide bonds. The van der Waals surface area contributed by atoms with E-state index in [2.05, 4.69) is 5.32 Å². The molecule has 1 aliphatic heterocycles. The molecule has 2 rings (SSSR count). The van der Waals surface area contributed by atoms with E-state index in [0.717, 1.165) is 5.56 Å². The Bertz CT molecular complexity index is 668. The van der Waals surface area contributed by atoms with Crippen LogP contribution in [0, 0.1) is 0 Å². The van der Waals surface area contributed by atoms with E-state index in [1.54, 1.807) is 13.8 Å². The molecule has 0 aromatic heterocycles. The van der Waals surface area contributed by atoms with E-state index in [9.17, 15) is 14.4 Å². The van der Waals surface area contributed by atoms with Crippen molar-refractivity contribution in [3.05, 3.63) is 47.2 Å². The minimum atomic E-state index is -0.648. The molecule has 24 heavy (non-hydrogen) atoms. The fraction of sp³-hybridized carbons (Fsp3) is 0.353. The monoisotopic (exact) mass is 348 g/mol. The van der Waals surface area contributed by atoms with E-state index in [0.29, 0.717) is 11.3 Å². The molecule has 7 heteroatoms. The van der Waals surface area contributed by atoms with Gasteiger partial charge in [0, 0.05) is 5.75 Å². The van der Waals surface area contributed by atoms with E-state index in [4.69, 9.17) is 4.74 Å². The average Bonchev–Trinajstić information content (AvgIpc) is 2.89. The lowest BCUT2D eigenvalue weighted by atomic mass is 10.1. The minimum Gasteiger partial charge on any atom is -0.464 e. The summed E-state index contributed by atoms with van der Waals surface area (Å²) in [7, 11) is 1.27. The van der Waals surface area contributed by atoms with Crippen molar-refractivity contribution < 1.29 is 19.1 Å². The zero-order chi connectivity index (χ0) is 17.7. The molecule has 128 valence electrons. The maximum atomic E-state index is 12.5. The van der Waals surface area contributed by atoms with Crippen LogP contribution in [0.1, 0.15) is 19.4 Å². The minimum absolute atomic E-state index is 0.210. The Hall–Kier alpha value is -2.28. The lowest BCUT2D eigenvalue weighted by Gasteiger charge is -2.18. The molecule has 1 atom stereocenters. The normalized spacial score (nSPS) is 16.7. The third-order valence-corrected chi connectivity index (χ3v) is 4.57. The van der Waals surface area contributed by atoms with Crippen LogP contribution < -0.4 is 5.32 Å². The molecule has 0 aliphatic carbocycles. The number of esters is 1. The first-order valence-electron chi connectivity index (χ1n) is 7.50. The van der Waals surface area contributed by atoms with Gasteiger partial charge in [-0.15, -0.1) is 0 Å². The van der Waals surface area contributed by atoms with Crippen LogP contribution in [0.4, 0.5) is 0 Å². The molecule has 0 saturated carbocycles. The first kappa shape index (κ1) is 18.1. The lowest BCUT2D eigenvalue weighted by Crippen LogP contribution is -2.43. The average molecular weight is 348 g/mol. The van der Waals surface area contributed by atoms with Gasteiger partial charge in [0.05, 0.1) is 13.5 Å². The smallest absolute Gasteiger partial charge is 0.355 e.